The van der Waals surface area contributed by atoms with Gasteiger partial charge in [-0.1, -0.05) is 34.6 Å². The van der Waals surface area contributed by atoms with E-state index >= 15 is 0 Å². The van der Waals surface area contributed by atoms with Gasteiger partial charge in [-0.3, -0.25) is 9.59 Å². The zero-order chi connectivity index (χ0) is 27.1. The van der Waals surface area contributed by atoms with Crippen molar-refractivity contribution in [2.45, 2.75) is 117 Å². The first kappa shape index (κ1) is 28.6. The maximum atomic E-state index is 12.8. The Hall–Kier alpha value is -1.43. The van der Waals surface area contributed by atoms with E-state index in [1.807, 2.05) is 13.8 Å². The van der Waals surface area contributed by atoms with Crippen LogP contribution in [0.2, 0.25) is 0 Å². The average molecular weight is 518 g/mol. The molecule has 37 heavy (non-hydrogen) atoms. The molecule has 0 saturated heterocycles. The van der Waals surface area contributed by atoms with Gasteiger partial charge in [-0.2, -0.15) is 0 Å². The van der Waals surface area contributed by atoms with E-state index in [9.17, 15) is 19.5 Å². The van der Waals surface area contributed by atoms with Crippen molar-refractivity contribution in [3.8, 4) is 0 Å². The van der Waals surface area contributed by atoms with Crippen molar-refractivity contribution in [1.29, 1.82) is 0 Å². The molecule has 0 radical (unpaired) electrons. The summed E-state index contributed by atoms with van der Waals surface area (Å²) < 4.78 is 4.90. The minimum absolute atomic E-state index is 0.0696. The SMILES string of the molecule is COC(=O)[C@H](CC(C)C)NC(=O)CC[C@@H](C)[C@H]1CC[C@H]2[C@@H]3[C@H](O)C[C@@H]4CC(=O)CC[C@]4(C)[C@H]3CC[C@]12C. The molecule has 4 aliphatic rings. The molecule has 0 aromatic carbocycles. The predicted molar refractivity (Wildman–Crippen MR) is 143 cm³/mol. The van der Waals surface area contributed by atoms with Crippen molar-refractivity contribution >= 4 is 17.7 Å². The lowest BCUT2D eigenvalue weighted by Gasteiger charge is -2.62. The Balaban J connectivity index is 1.39. The van der Waals surface area contributed by atoms with Gasteiger partial charge in [0.2, 0.25) is 5.91 Å². The van der Waals surface area contributed by atoms with Gasteiger partial charge >= 0.3 is 5.97 Å². The minimum Gasteiger partial charge on any atom is -0.467 e. The van der Waals surface area contributed by atoms with E-state index in [4.69, 9.17) is 4.74 Å². The second-order valence-corrected chi connectivity index (χ2v) is 14.1. The molecule has 0 spiro atoms. The molecule has 4 fully saturated rings. The molecule has 0 aromatic heterocycles. The highest BCUT2D eigenvalue weighted by molar-refractivity contribution is 5.84. The number of nitrogens with one attached hydrogen (secondary N) is 1. The van der Waals surface area contributed by atoms with Crippen molar-refractivity contribution in [1.82, 2.24) is 5.32 Å². The summed E-state index contributed by atoms with van der Waals surface area (Å²) in [6.07, 6.45) is 9.32. The monoisotopic (exact) mass is 517 g/mol. The fraction of sp³-hybridized carbons (Fsp3) is 0.903. The van der Waals surface area contributed by atoms with Gasteiger partial charge in [-0.05, 0) is 104 Å². The summed E-state index contributed by atoms with van der Waals surface area (Å²) in [5.74, 6) is 2.90. The van der Waals surface area contributed by atoms with Crippen molar-refractivity contribution in [3.05, 3.63) is 0 Å². The van der Waals surface area contributed by atoms with E-state index < -0.39 is 6.04 Å². The lowest BCUT2D eigenvalue weighted by molar-refractivity contribution is -0.168. The number of carbonyl (C=O) groups excluding carboxylic acids is 3. The van der Waals surface area contributed by atoms with Gasteiger partial charge in [0, 0.05) is 19.3 Å². The number of hydrogen-bond acceptors (Lipinski definition) is 5. The molecule has 210 valence electrons. The zero-order valence-corrected chi connectivity index (χ0v) is 24.1. The number of aliphatic hydroxyl groups is 1. The van der Waals surface area contributed by atoms with Gasteiger partial charge in [0.25, 0.3) is 0 Å². The standard InChI is InChI=1S/C31H51NO5/c1-18(2)15-25(29(36)37-6)32-27(35)10-7-19(3)22-8-9-23-28-24(12-14-31(22,23)5)30(4)13-11-21(33)16-20(30)17-26(28)34/h18-20,22-26,28,34H,7-17H2,1-6H3,(H,32,35)/t19-,20+,22-,23+,24+,25+,26-,28+,30+,31-/m1/s1. The molecule has 0 heterocycles. The Labute approximate surface area is 224 Å². The van der Waals surface area contributed by atoms with Gasteiger partial charge in [-0.25, -0.2) is 4.79 Å². The van der Waals surface area contributed by atoms with Crippen molar-refractivity contribution < 1.29 is 24.2 Å². The predicted octanol–water partition coefficient (Wildman–Crippen LogP) is 5.31. The largest absolute Gasteiger partial charge is 0.467 e. The van der Waals surface area contributed by atoms with Crippen LogP contribution in [-0.4, -0.2) is 42.0 Å². The fourth-order valence-electron chi connectivity index (χ4n) is 9.64. The van der Waals surface area contributed by atoms with Gasteiger partial charge in [-0.15, -0.1) is 0 Å². The first-order valence-corrected chi connectivity index (χ1v) is 15.0. The van der Waals surface area contributed by atoms with E-state index in [2.05, 4.69) is 26.1 Å². The van der Waals surface area contributed by atoms with Crippen LogP contribution in [0.3, 0.4) is 0 Å². The van der Waals surface area contributed by atoms with Crippen molar-refractivity contribution in [3.63, 3.8) is 0 Å². The topological polar surface area (TPSA) is 92.7 Å². The summed E-state index contributed by atoms with van der Waals surface area (Å²) in [5, 5.41) is 14.3. The van der Waals surface area contributed by atoms with Gasteiger partial charge < -0.3 is 15.2 Å². The number of aliphatic hydroxyl groups excluding tert-OH is 1. The number of carbonyl (C=O) groups is 3. The quantitative estimate of drug-likeness (QED) is 0.426. The number of rotatable bonds is 8. The number of methoxy groups -OCH3 is 1. The third-order valence-electron chi connectivity index (χ3n) is 11.6. The van der Waals surface area contributed by atoms with Gasteiger partial charge in [0.05, 0.1) is 13.2 Å². The number of esters is 1. The van der Waals surface area contributed by atoms with E-state index in [1.54, 1.807) is 0 Å². The van der Waals surface area contributed by atoms with Crippen LogP contribution in [0.5, 0.6) is 0 Å². The number of hydrogen-bond donors (Lipinski definition) is 2. The Kier molecular flexibility index (Phi) is 8.48. The third kappa shape index (κ3) is 5.38. The maximum Gasteiger partial charge on any atom is 0.328 e. The highest BCUT2D eigenvalue weighted by atomic mass is 16.5. The van der Waals surface area contributed by atoms with E-state index in [1.165, 1.54) is 13.5 Å². The molecule has 0 aromatic rings. The molecular formula is C31H51NO5. The first-order chi connectivity index (χ1) is 17.4. The second kappa shape index (κ2) is 11.0. The molecule has 6 nitrogen and oxygen atoms in total. The van der Waals surface area contributed by atoms with Crippen LogP contribution in [-0.2, 0) is 19.1 Å². The van der Waals surface area contributed by atoms with Crippen LogP contribution in [0.15, 0.2) is 0 Å². The third-order valence-corrected chi connectivity index (χ3v) is 11.6. The molecule has 4 aliphatic carbocycles. The molecule has 6 heteroatoms. The highest BCUT2D eigenvalue weighted by Gasteiger charge is 2.62. The summed E-state index contributed by atoms with van der Waals surface area (Å²) in [5.41, 5.74) is 0.380. The van der Waals surface area contributed by atoms with E-state index in [0.717, 1.165) is 38.5 Å². The molecule has 2 N–H and O–H groups in total. The molecular weight excluding hydrogens is 466 g/mol. The average Bonchev–Trinajstić information content (AvgIpc) is 3.19. The summed E-state index contributed by atoms with van der Waals surface area (Å²) >= 11 is 0. The first-order valence-electron chi connectivity index (χ1n) is 15.0. The Morgan fingerprint density at radius 2 is 1.78 bits per heavy atom. The van der Waals surface area contributed by atoms with Gasteiger partial charge in [0.1, 0.15) is 11.8 Å². The number of ketones is 1. The maximum absolute atomic E-state index is 12.8. The number of ether oxygens (including phenoxy) is 1. The van der Waals surface area contributed by atoms with Crippen LogP contribution in [0.4, 0.5) is 0 Å². The summed E-state index contributed by atoms with van der Waals surface area (Å²) in [4.78, 5) is 37.1. The molecule has 4 saturated carbocycles. The zero-order valence-electron chi connectivity index (χ0n) is 24.1. The minimum atomic E-state index is -0.579. The van der Waals surface area contributed by atoms with Crippen LogP contribution < -0.4 is 5.32 Å². The molecule has 0 bridgehead atoms. The molecule has 0 unspecified atom stereocenters. The summed E-state index contributed by atoms with van der Waals surface area (Å²) in [6, 6.07) is -0.579. The second-order valence-electron chi connectivity index (χ2n) is 14.1. The normalized spacial score (nSPS) is 40.8. The lowest BCUT2D eigenvalue weighted by Crippen LogP contribution is -2.58. The van der Waals surface area contributed by atoms with Crippen LogP contribution in [0, 0.1) is 52.3 Å². The van der Waals surface area contributed by atoms with Crippen molar-refractivity contribution in [2.24, 2.45) is 52.3 Å². The molecule has 4 rings (SSSR count). The summed E-state index contributed by atoms with van der Waals surface area (Å²) in [6.45, 7) is 11.3. The molecule has 10 atom stereocenters. The Morgan fingerprint density at radius 1 is 1.08 bits per heavy atom. The van der Waals surface area contributed by atoms with E-state index in [0.29, 0.717) is 67.0 Å². The summed E-state index contributed by atoms with van der Waals surface area (Å²) in [7, 11) is 1.37. The van der Waals surface area contributed by atoms with Gasteiger partial charge in [0.15, 0.2) is 0 Å². The van der Waals surface area contributed by atoms with Crippen LogP contribution in [0.25, 0.3) is 0 Å². The molecule has 1 amide bonds. The highest BCUT2D eigenvalue weighted by Crippen LogP contribution is 2.68. The number of amides is 1. The van der Waals surface area contributed by atoms with Crippen LogP contribution in [0.1, 0.15) is 105 Å². The fourth-order valence-corrected chi connectivity index (χ4v) is 9.64. The smallest absolute Gasteiger partial charge is 0.328 e. The van der Waals surface area contributed by atoms with E-state index in [-0.39, 0.29) is 34.7 Å². The molecule has 0 aliphatic heterocycles. The Morgan fingerprint density at radius 3 is 2.46 bits per heavy atom. The Bertz CT molecular complexity index is 872. The van der Waals surface area contributed by atoms with Crippen molar-refractivity contribution in [2.75, 3.05) is 7.11 Å². The number of Topliss-reactive ketones (excluding diaryl/α,β-unsaturated/α-hetero) is 1. The number of fused-ring (bicyclic) bond motifs is 5. The van der Waals surface area contributed by atoms with Crippen LogP contribution >= 0.6 is 0 Å². The lowest BCUT2D eigenvalue weighted by atomic mass is 9.44.